The van der Waals surface area contributed by atoms with Gasteiger partial charge in [0.25, 0.3) is 0 Å². The maximum absolute atomic E-state index is 9.46. The molecule has 0 saturated heterocycles. The third-order valence-corrected chi connectivity index (χ3v) is 7.02. The Morgan fingerprint density at radius 3 is 0.900 bits per heavy atom. The molecule has 182 valence electrons. The van der Waals surface area contributed by atoms with Crippen molar-refractivity contribution in [3.05, 3.63) is 0 Å². The molecule has 0 amide bonds. The van der Waals surface area contributed by atoms with Crippen LogP contribution >= 0.6 is 12.6 Å². The van der Waals surface area contributed by atoms with E-state index in [9.17, 15) is 5.11 Å². The van der Waals surface area contributed by atoms with E-state index in [4.69, 9.17) is 0 Å². The van der Waals surface area contributed by atoms with Crippen LogP contribution in [0.15, 0.2) is 0 Å². The van der Waals surface area contributed by atoms with Crippen molar-refractivity contribution in [2.24, 2.45) is 0 Å². The van der Waals surface area contributed by atoms with Crippen LogP contribution in [0.1, 0.15) is 167 Å². The molecule has 0 aliphatic heterocycles. The fourth-order valence-electron chi connectivity index (χ4n) is 4.43. The Hall–Kier alpha value is 0.310. The molecule has 0 fully saturated rings. The fraction of sp³-hybridized carbons (Fsp3) is 1.00. The van der Waals surface area contributed by atoms with E-state index in [0.717, 1.165) is 6.42 Å². The highest BCUT2D eigenvalue weighted by molar-refractivity contribution is 7.80. The first kappa shape index (κ1) is 30.3. The minimum absolute atomic E-state index is 0.187. The third kappa shape index (κ3) is 26.3. The summed E-state index contributed by atoms with van der Waals surface area (Å²) in [5.74, 6) is 0.610. The predicted molar refractivity (Wildman–Crippen MR) is 141 cm³/mol. The monoisotopic (exact) mass is 442 g/mol. The topological polar surface area (TPSA) is 20.2 Å². The number of hydrogen-bond acceptors (Lipinski definition) is 2. The van der Waals surface area contributed by atoms with E-state index in [1.54, 1.807) is 0 Å². The lowest BCUT2D eigenvalue weighted by Crippen LogP contribution is -2.07. The number of rotatable bonds is 26. The molecule has 0 aliphatic carbocycles. The molecule has 30 heavy (non-hydrogen) atoms. The van der Waals surface area contributed by atoms with Gasteiger partial charge in [-0.25, -0.2) is 0 Å². The number of aliphatic hydroxyl groups is 1. The molecule has 0 bridgehead atoms. The quantitative estimate of drug-likeness (QED) is 0.101. The van der Waals surface area contributed by atoms with E-state index >= 15 is 0 Å². The van der Waals surface area contributed by atoms with Gasteiger partial charge in [0.1, 0.15) is 0 Å². The largest absolute Gasteiger partial charge is 0.392 e. The molecule has 0 aromatic rings. The van der Waals surface area contributed by atoms with Crippen molar-refractivity contribution in [3.63, 3.8) is 0 Å². The molecule has 0 rings (SSSR count). The first-order valence-electron chi connectivity index (χ1n) is 14.1. The third-order valence-electron chi connectivity index (χ3n) is 6.60. The van der Waals surface area contributed by atoms with Crippen molar-refractivity contribution in [2.45, 2.75) is 174 Å². The molecule has 1 atom stereocenters. The van der Waals surface area contributed by atoms with Gasteiger partial charge in [-0.2, -0.15) is 12.6 Å². The highest BCUT2D eigenvalue weighted by Gasteiger charge is 2.00. The number of unbranched alkanes of at least 4 members (excludes halogenated alkanes) is 23. The Kier molecular flexibility index (Phi) is 27.6. The van der Waals surface area contributed by atoms with E-state index in [1.807, 2.05) is 0 Å². The van der Waals surface area contributed by atoms with Crippen LogP contribution in [0.2, 0.25) is 0 Å². The molecule has 1 unspecified atom stereocenters. The van der Waals surface area contributed by atoms with Gasteiger partial charge in [0.2, 0.25) is 0 Å². The van der Waals surface area contributed by atoms with Crippen LogP contribution in [0, 0.1) is 0 Å². The molecule has 1 N–H and O–H groups in total. The predicted octanol–water partition coefficient (Wildman–Crippen LogP) is 10.0. The Balaban J connectivity index is 3.00. The van der Waals surface area contributed by atoms with Gasteiger partial charge in [0, 0.05) is 5.75 Å². The molecular weight excluding hydrogens is 384 g/mol. The van der Waals surface area contributed by atoms with Gasteiger partial charge in [0.15, 0.2) is 0 Å². The van der Waals surface area contributed by atoms with Crippen molar-refractivity contribution < 1.29 is 5.11 Å². The summed E-state index contributed by atoms with van der Waals surface area (Å²) in [6.07, 6.45) is 35.1. The summed E-state index contributed by atoms with van der Waals surface area (Å²) in [5, 5.41) is 9.46. The molecule has 0 aromatic heterocycles. The maximum Gasteiger partial charge on any atom is 0.0628 e. The van der Waals surface area contributed by atoms with Gasteiger partial charge in [-0.05, 0) is 6.42 Å². The number of hydrogen-bond donors (Lipinski definition) is 2. The minimum Gasteiger partial charge on any atom is -0.392 e. The average molecular weight is 443 g/mol. The second kappa shape index (κ2) is 27.3. The van der Waals surface area contributed by atoms with Crippen LogP contribution in [0.25, 0.3) is 0 Å². The van der Waals surface area contributed by atoms with E-state index in [2.05, 4.69) is 19.6 Å². The van der Waals surface area contributed by atoms with E-state index in [0.29, 0.717) is 5.75 Å². The van der Waals surface area contributed by atoms with Crippen LogP contribution in [-0.2, 0) is 0 Å². The van der Waals surface area contributed by atoms with Crippen LogP contribution < -0.4 is 0 Å². The lowest BCUT2D eigenvalue weighted by Gasteiger charge is -2.06. The number of aliphatic hydroxyl groups excluding tert-OH is 1. The van der Waals surface area contributed by atoms with Crippen LogP contribution in [0.3, 0.4) is 0 Å². The van der Waals surface area contributed by atoms with E-state index in [1.165, 1.54) is 154 Å². The molecule has 1 nitrogen and oxygen atoms in total. The lowest BCUT2D eigenvalue weighted by molar-refractivity contribution is 0.185. The van der Waals surface area contributed by atoms with Crippen molar-refractivity contribution in [2.75, 3.05) is 5.75 Å². The molecule has 0 radical (unpaired) electrons. The van der Waals surface area contributed by atoms with Crippen molar-refractivity contribution in [1.29, 1.82) is 0 Å². The zero-order chi connectivity index (χ0) is 22.0. The summed E-state index contributed by atoms with van der Waals surface area (Å²) in [5.41, 5.74) is 0. The normalized spacial score (nSPS) is 12.5. The van der Waals surface area contributed by atoms with Crippen molar-refractivity contribution in [1.82, 2.24) is 0 Å². The summed E-state index contributed by atoms with van der Waals surface area (Å²) in [6, 6.07) is 0. The molecule has 2 heteroatoms. The van der Waals surface area contributed by atoms with Crippen LogP contribution in [-0.4, -0.2) is 17.0 Å². The minimum atomic E-state index is -0.187. The SMILES string of the molecule is CCCCCCCCCCCCCCCCCCCCCCCCCCC(O)CS. The summed E-state index contributed by atoms with van der Waals surface area (Å²) in [7, 11) is 0. The van der Waals surface area contributed by atoms with Gasteiger partial charge >= 0.3 is 0 Å². The second-order valence-electron chi connectivity index (χ2n) is 9.76. The zero-order valence-corrected chi connectivity index (χ0v) is 21.8. The fourth-order valence-corrected chi connectivity index (χ4v) is 4.62. The Morgan fingerprint density at radius 2 is 0.667 bits per heavy atom. The second-order valence-corrected chi connectivity index (χ2v) is 10.1. The molecule has 0 aromatic carbocycles. The summed E-state index contributed by atoms with van der Waals surface area (Å²) < 4.78 is 0. The smallest absolute Gasteiger partial charge is 0.0628 e. The zero-order valence-electron chi connectivity index (χ0n) is 20.9. The van der Waals surface area contributed by atoms with E-state index in [-0.39, 0.29) is 6.10 Å². The van der Waals surface area contributed by atoms with Crippen molar-refractivity contribution in [3.8, 4) is 0 Å². The molecule has 0 spiro atoms. The molecular formula is C28H58OS. The van der Waals surface area contributed by atoms with E-state index < -0.39 is 0 Å². The Morgan fingerprint density at radius 1 is 0.433 bits per heavy atom. The van der Waals surface area contributed by atoms with Gasteiger partial charge in [-0.15, -0.1) is 0 Å². The Labute approximate surface area is 197 Å². The summed E-state index contributed by atoms with van der Waals surface area (Å²) in [6.45, 7) is 2.30. The first-order chi connectivity index (χ1) is 14.8. The Bertz CT molecular complexity index is 294. The van der Waals surface area contributed by atoms with Crippen LogP contribution in [0.4, 0.5) is 0 Å². The lowest BCUT2D eigenvalue weighted by atomic mass is 10.0. The molecule has 0 saturated carbocycles. The molecule has 0 aliphatic rings. The van der Waals surface area contributed by atoms with Gasteiger partial charge < -0.3 is 5.11 Å². The number of thiol groups is 1. The highest BCUT2D eigenvalue weighted by atomic mass is 32.1. The standard InChI is InChI=1S/C28H58OS/c1-2-3-4-5-6-7-8-9-10-11-12-13-14-15-16-17-18-19-20-21-22-23-24-25-26-28(29)27-30/h28-30H,2-27H2,1H3. The summed E-state index contributed by atoms with van der Waals surface area (Å²) >= 11 is 4.12. The molecule has 0 heterocycles. The van der Waals surface area contributed by atoms with Gasteiger partial charge in [-0.1, -0.05) is 161 Å². The van der Waals surface area contributed by atoms with Gasteiger partial charge in [0.05, 0.1) is 6.10 Å². The van der Waals surface area contributed by atoms with Crippen molar-refractivity contribution >= 4 is 12.6 Å². The highest BCUT2D eigenvalue weighted by Crippen LogP contribution is 2.16. The first-order valence-corrected chi connectivity index (χ1v) is 14.7. The summed E-state index contributed by atoms with van der Waals surface area (Å²) in [4.78, 5) is 0. The maximum atomic E-state index is 9.46. The van der Waals surface area contributed by atoms with Crippen LogP contribution in [0.5, 0.6) is 0 Å². The van der Waals surface area contributed by atoms with Gasteiger partial charge in [-0.3, -0.25) is 0 Å². The average Bonchev–Trinajstić information content (AvgIpc) is 2.76.